The van der Waals surface area contributed by atoms with E-state index >= 15 is 0 Å². The van der Waals surface area contributed by atoms with Crippen LogP contribution >= 0.6 is 0 Å². The molecule has 2 aliphatic heterocycles. The molecule has 0 amide bonds. The van der Waals surface area contributed by atoms with E-state index in [1.54, 1.807) is 7.11 Å². The molecule has 0 saturated carbocycles. The monoisotopic (exact) mass is 620 g/mol. The lowest BCUT2D eigenvalue weighted by atomic mass is 9.71. The van der Waals surface area contributed by atoms with Gasteiger partial charge in [0.2, 0.25) is 0 Å². The number of hydrogen-bond donors (Lipinski definition) is 0. The highest BCUT2D eigenvalue weighted by Crippen LogP contribution is 2.41. The molecule has 0 bridgehead atoms. The highest BCUT2D eigenvalue weighted by Gasteiger charge is 2.48. The van der Waals surface area contributed by atoms with Gasteiger partial charge < -0.3 is 18.9 Å². The number of hydrogen-bond acceptors (Lipinski definition) is 7. The van der Waals surface area contributed by atoms with Gasteiger partial charge in [0.1, 0.15) is 17.6 Å². The van der Waals surface area contributed by atoms with Crippen molar-refractivity contribution in [3.05, 3.63) is 59.7 Å². The third kappa shape index (κ3) is 9.11. The summed E-state index contributed by atoms with van der Waals surface area (Å²) < 4.78 is 64.1. The van der Waals surface area contributed by atoms with Gasteiger partial charge in [0.05, 0.1) is 26.2 Å². The van der Waals surface area contributed by atoms with Gasteiger partial charge in [-0.25, -0.2) is 0 Å². The van der Waals surface area contributed by atoms with Crippen molar-refractivity contribution in [1.29, 1.82) is 0 Å². The van der Waals surface area contributed by atoms with E-state index in [4.69, 9.17) is 18.9 Å². The van der Waals surface area contributed by atoms with Crippen molar-refractivity contribution >= 4 is 5.97 Å². The second-order valence-corrected chi connectivity index (χ2v) is 12.8. The van der Waals surface area contributed by atoms with E-state index in [-0.39, 0.29) is 30.6 Å². The molecule has 7 nitrogen and oxygen atoms in total. The van der Waals surface area contributed by atoms with Crippen LogP contribution in [-0.2, 0) is 26.2 Å². The van der Waals surface area contributed by atoms with E-state index in [2.05, 4.69) is 17.0 Å². The summed E-state index contributed by atoms with van der Waals surface area (Å²) in [5.41, 5.74) is 0.0831. The zero-order chi connectivity index (χ0) is 31.8. The lowest BCUT2D eigenvalue weighted by Crippen LogP contribution is -2.45. The van der Waals surface area contributed by atoms with Crippen LogP contribution in [0.4, 0.5) is 13.2 Å². The van der Waals surface area contributed by atoms with Crippen LogP contribution in [0.25, 0.3) is 0 Å². The fourth-order valence-corrected chi connectivity index (χ4v) is 6.18. The van der Waals surface area contributed by atoms with Crippen LogP contribution in [0, 0.1) is 5.41 Å². The van der Waals surface area contributed by atoms with Crippen molar-refractivity contribution in [3.8, 4) is 11.5 Å². The third-order valence-electron chi connectivity index (χ3n) is 9.19. The SMILES string of the molecule is COC(=O)CN1CCC(Oc2ccc(CN(CCC3(c4ccc(OC)cc4)CCOCC3)CC(C)(C)C(F)(F)F)cc2)CC1. The van der Waals surface area contributed by atoms with Gasteiger partial charge >= 0.3 is 12.1 Å². The highest BCUT2D eigenvalue weighted by atomic mass is 19.4. The first kappa shape index (κ1) is 34.1. The number of likely N-dealkylation sites (tertiary alicyclic amines) is 1. The van der Waals surface area contributed by atoms with Crippen LogP contribution in [0.3, 0.4) is 0 Å². The molecule has 2 aromatic rings. The Labute approximate surface area is 259 Å². The number of carbonyl (C=O) groups excluding carboxylic acids is 1. The van der Waals surface area contributed by atoms with Crippen molar-refractivity contribution in [2.75, 3.05) is 60.2 Å². The Morgan fingerprint density at radius 2 is 1.59 bits per heavy atom. The number of benzene rings is 2. The summed E-state index contributed by atoms with van der Waals surface area (Å²) in [5, 5.41) is 0. The number of esters is 1. The second kappa shape index (κ2) is 15.0. The summed E-state index contributed by atoms with van der Waals surface area (Å²) in [6.45, 7) is 6.44. The average molecular weight is 621 g/mol. The zero-order valence-electron chi connectivity index (χ0n) is 26.5. The molecule has 44 heavy (non-hydrogen) atoms. The van der Waals surface area contributed by atoms with Gasteiger partial charge in [0, 0.05) is 44.8 Å². The molecule has 2 heterocycles. The van der Waals surface area contributed by atoms with E-state index in [0.29, 0.717) is 26.3 Å². The second-order valence-electron chi connectivity index (χ2n) is 12.8. The van der Waals surface area contributed by atoms with Crippen molar-refractivity contribution in [2.24, 2.45) is 5.41 Å². The van der Waals surface area contributed by atoms with Gasteiger partial charge in [-0.05, 0) is 87.9 Å². The van der Waals surface area contributed by atoms with Crippen LogP contribution in [0.1, 0.15) is 57.1 Å². The molecule has 0 aromatic heterocycles. The molecule has 2 aliphatic rings. The van der Waals surface area contributed by atoms with Gasteiger partial charge in [-0.3, -0.25) is 14.6 Å². The highest BCUT2D eigenvalue weighted by molar-refractivity contribution is 5.71. The molecular formula is C34H47F3N2O5. The minimum atomic E-state index is -4.32. The summed E-state index contributed by atoms with van der Waals surface area (Å²) in [5.74, 6) is 1.28. The maximum absolute atomic E-state index is 14.0. The quantitative estimate of drug-likeness (QED) is 0.246. The Kier molecular flexibility index (Phi) is 11.6. The van der Waals surface area contributed by atoms with Crippen molar-refractivity contribution in [2.45, 2.75) is 70.2 Å². The van der Waals surface area contributed by atoms with Crippen LogP contribution in [-0.4, -0.2) is 88.2 Å². The van der Waals surface area contributed by atoms with Gasteiger partial charge in [-0.2, -0.15) is 13.2 Å². The summed E-state index contributed by atoms with van der Waals surface area (Å²) in [4.78, 5) is 15.6. The average Bonchev–Trinajstić information content (AvgIpc) is 3.01. The van der Waals surface area contributed by atoms with E-state index in [0.717, 1.165) is 62.3 Å². The normalized spacial score (nSPS) is 18.3. The van der Waals surface area contributed by atoms with E-state index in [1.807, 2.05) is 41.3 Å². The Hall–Kier alpha value is -2.82. The molecule has 0 spiro atoms. The smallest absolute Gasteiger partial charge is 0.395 e. The predicted octanol–water partition coefficient (Wildman–Crippen LogP) is 6.24. The summed E-state index contributed by atoms with van der Waals surface area (Å²) >= 11 is 0. The Morgan fingerprint density at radius 3 is 2.16 bits per heavy atom. The lowest BCUT2D eigenvalue weighted by molar-refractivity contribution is -0.217. The number of nitrogens with zero attached hydrogens (tertiary/aromatic N) is 2. The largest absolute Gasteiger partial charge is 0.497 e. The first-order valence-corrected chi connectivity index (χ1v) is 15.5. The summed E-state index contributed by atoms with van der Waals surface area (Å²) in [6.07, 6.45) is -0.284. The number of piperidine rings is 1. The molecule has 0 radical (unpaired) electrons. The standard InChI is InChI=1S/C34H47F3N2O5/c1-32(2,34(35,36)37)25-39(20-15-33(16-21-43-22-17-33)27-7-11-28(41-3)12-8-27)23-26-5-9-29(10-6-26)44-30-13-18-38(19-14-30)24-31(40)42-4/h5-12,30H,13-25H2,1-4H3. The molecule has 2 fully saturated rings. The number of carbonyl (C=O) groups is 1. The number of halogens is 3. The first-order valence-electron chi connectivity index (χ1n) is 15.5. The molecule has 244 valence electrons. The van der Waals surface area contributed by atoms with Gasteiger partial charge in [-0.1, -0.05) is 24.3 Å². The molecule has 2 aromatic carbocycles. The van der Waals surface area contributed by atoms with Crippen LogP contribution in [0.5, 0.6) is 11.5 Å². The van der Waals surface area contributed by atoms with Gasteiger partial charge in [0.25, 0.3) is 0 Å². The number of ether oxygens (including phenoxy) is 4. The Bertz CT molecular complexity index is 1170. The van der Waals surface area contributed by atoms with Crippen LogP contribution in [0.15, 0.2) is 48.5 Å². The van der Waals surface area contributed by atoms with E-state index < -0.39 is 11.6 Å². The molecule has 2 saturated heterocycles. The topological polar surface area (TPSA) is 60.5 Å². The Morgan fingerprint density at radius 1 is 0.977 bits per heavy atom. The first-order chi connectivity index (χ1) is 20.9. The van der Waals surface area contributed by atoms with Gasteiger partial charge in [-0.15, -0.1) is 0 Å². The van der Waals surface area contributed by atoms with Crippen LogP contribution in [0.2, 0.25) is 0 Å². The molecule has 0 unspecified atom stereocenters. The molecule has 0 N–H and O–H groups in total. The zero-order valence-corrected chi connectivity index (χ0v) is 26.5. The van der Waals surface area contributed by atoms with Gasteiger partial charge in [0.15, 0.2) is 0 Å². The lowest BCUT2D eigenvalue weighted by Gasteiger charge is -2.41. The summed E-state index contributed by atoms with van der Waals surface area (Å²) in [7, 11) is 3.03. The summed E-state index contributed by atoms with van der Waals surface area (Å²) in [6, 6.07) is 15.8. The minimum Gasteiger partial charge on any atom is -0.497 e. The molecule has 10 heteroatoms. The molecule has 0 aliphatic carbocycles. The maximum Gasteiger partial charge on any atom is 0.395 e. The van der Waals surface area contributed by atoms with Crippen molar-refractivity contribution < 1.29 is 36.9 Å². The minimum absolute atomic E-state index is 0.0486. The fourth-order valence-electron chi connectivity index (χ4n) is 6.18. The fraction of sp³-hybridized carbons (Fsp3) is 0.618. The van der Waals surface area contributed by atoms with Crippen molar-refractivity contribution in [1.82, 2.24) is 9.80 Å². The molecular weight excluding hydrogens is 573 g/mol. The maximum atomic E-state index is 14.0. The third-order valence-corrected chi connectivity index (χ3v) is 9.19. The van der Waals surface area contributed by atoms with E-state index in [9.17, 15) is 18.0 Å². The van der Waals surface area contributed by atoms with Crippen molar-refractivity contribution in [3.63, 3.8) is 0 Å². The number of methoxy groups -OCH3 is 2. The number of alkyl halides is 3. The molecule has 4 rings (SSSR count). The van der Waals surface area contributed by atoms with E-state index in [1.165, 1.54) is 26.5 Å². The Balaban J connectivity index is 1.43. The van der Waals surface area contributed by atoms with Crippen LogP contribution < -0.4 is 9.47 Å². The predicted molar refractivity (Wildman–Crippen MR) is 163 cm³/mol. The molecule has 0 atom stereocenters. The number of rotatable bonds is 13.